The summed E-state index contributed by atoms with van der Waals surface area (Å²) in [7, 11) is -2.80. The van der Waals surface area contributed by atoms with Gasteiger partial charge in [-0.15, -0.1) is 0 Å². The molecule has 3 unspecified atom stereocenters. The molecule has 3 aliphatic heterocycles. The lowest BCUT2D eigenvalue weighted by molar-refractivity contribution is 0.0255. The minimum absolute atomic E-state index is 0.314. The van der Waals surface area contributed by atoms with E-state index in [9.17, 15) is 4.57 Å². The first-order valence-corrected chi connectivity index (χ1v) is 9.29. The van der Waals surface area contributed by atoms with Crippen LogP contribution in [-0.2, 0) is 18.8 Å². The van der Waals surface area contributed by atoms with Crippen LogP contribution in [0.4, 0.5) is 0 Å². The van der Waals surface area contributed by atoms with Crippen LogP contribution in [0, 0.1) is 0 Å². The number of hydrogen-bond donors (Lipinski definition) is 3. The fraction of sp³-hybridized carbons (Fsp3) is 1.00. The highest BCUT2D eigenvalue weighted by molar-refractivity contribution is 7.65. The van der Waals surface area contributed by atoms with Crippen LogP contribution in [0.2, 0.25) is 0 Å². The molecule has 0 aromatic rings. The lowest BCUT2D eigenvalue weighted by Gasteiger charge is -2.42. The van der Waals surface area contributed by atoms with Gasteiger partial charge in [0.25, 0.3) is 0 Å². The SMILES string of the molecule is O=P(C1CNCCO1)(C1CNCCO1)C1CNCCO1. The molecule has 3 saturated heterocycles. The number of rotatable bonds is 3. The van der Waals surface area contributed by atoms with Gasteiger partial charge in [0.05, 0.1) is 19.8 Å². The molecule has 3 atom stereocenters. The lowest BCUT2D eigenvalue weighted by atomic mass is 10.5. The van der Waals surface area contributed by atoms with Crippen molar-refractivity contribution in [3.8, 4) is 0 Å². The third-order valence-corrected chi connectivity index (χ3v) is 7.77. The maximum absolute atomic E-state index is 13.8. The van der Waals surface area contributed by atoms with Gasteiger partial charge in [-0.05, 0) is 0 Å². The first-order valence-electron chi connectivity index (χ1n) is 7.38. The molecule has 0 aromatic carbocycles. The second-order valence-electron chi connectivity index (χ2n) is 5.35. The fourth-order valence-corrected chi connectivity index (χ4v) is 6.36. The third kappa shape index (κ3) is 2.95. The Labute approximate surface area is 119 Å². The Morgan fingerprint density at radius 1 is 0.700 bits per heavy atom. The van der Waals surface area contributed by atoms with E-state index in [4.69, 9.17) is 14.2 Å². The average Bonchev–Trinajstić information content (AvgIpc) is 2.56. The zero-order valence-electron chi connectivity index (χ0n) is 11.7. The van der Waals surface area contributed by atoms with Crippen LogP contribution in [0.1, 0.15) is 0 Å². The fourth-order valence-electron chi connectivity index (χ4n) is 2.99. The molecule has 20 heavy (non-hydrogen) atoms. The highest BCUT2D eigenvalue weighted by atomic mass is 31.2. The van der Waals surface area contributed by atoms with Crippen LogP contribution in [0.3, 0.4) is 0 Å². The predicted molar refractivity (Wildman–Crippen MR) is 75.4 cm³/mol. The molecule has 0 saturated carbocycles. The molecular formula is C12H24N3O4P. The van der Waals surface area contributed by atoms with Gasteiger partial charge in [-0.2, -0.15) is 0 Å². The van der Waals surface area contributed by atoms with E-state index >= 15 is 0 Å². The van der Waals surface area contributed by atoms with Crippen molar-refractivity contribution in [2.24, 2.45) is 0 Å². The standard InChI is InChI=1S/C12H24N3O4P/c16-20(10-7-13-1-4-17-10,11-8-14-2-5-18-11)12-9-15-3-6-19-12/h10-15H,1-9H2. The van der Waals surface area contributed by atoms with Crippen molar-refractivity contribution in [1.82, 2.24) is 16.0 Å². The van der Waals surface area contributed by atoms with E-state index in [-0.39, 0.29) is 17.5 Å². The normalized spacial score (nSPS) is 39.1. The number of nitrogens with one attached hydrogen (secondary N) is 3. The Balaban J connectivity index is 1.81. The summed E-state index contributed by atoms with van der Waals surface area (Å²) in [5.41, 5.74) is 0. The predicted octanol–water partition coefficient (Wildman–Crippen LogP) is -0.813. The molecule has 3 heterocycles. The van der Waals surface area contributed by atoms with Crippen LogP contribution >= 0.6 is 7.14 Å². The molecule has 0 aliphatic carbocycles. The summed E-state index contributed by atoms with van der Waals surface area (Å²) in [6.07, 6.45) is 0. The summed E-state index contributed by atoms with van der Waals surface area (Å²) < 4.78 is 31.2. The van der Waals surface area contributed by atoms with E-state index in [1.807, 2.05) is 0 Å². The van der Waals surface area contributed by atoms with Crippen LogP contribution in [0.15, 0.2) is 0 Å². The zero-order valence-corrected chi connectivity index (χ0v) is 12.6. The quantitative estimate of drug-likeness (QED) is 0.588. The Kier molecular flexibility index (Phi) is 5.09. The first-order chi connectivity index (χ1) is 9.82. The van der Waals surface area contributed by atoms with Gasteiger partial charge in [-0.1, -0.05) is 0 Å². The lowest BCUT2D eigenvalue weighted by Crippen LogP contribution is -2.50. The minimum Gasteiger partial charge on any atom is -0.368 e. The highest BCUT2D eigenvalue weighted by Gasteiger charge is 2.50. The van der Waals surface area contributed by atoms with Crippen molar-refractivity contribution in [2.75, 3.05) is 59.1 Å². The summed E-state index contributed by atoms with van der Waals surface area (Å²) in [5.74, 6) is -0.942. The van der Waals surface area contributed by atoms with E-state index in [1.54, 1.807) is 0 Å². The second kappa shape index (κ2) is 6.83. The third-order valence-electron chi connectivity index (χ3n) is 4.07. The van der Waals surface area contributed by atoms with Crippen LogP contribution < -0.4 is 16.0 Å². The van der Waals surface area contributed by atoms with E-state index in [0.29, 0.717) is 39.5 Å². The summed E-state index contributed by atoms with van der Waals surface area (Å²) in [6, 6.07) is 0. The van der Waals surface area contributed by atoms with Gasteiger partial charge in [-0.3, -0.25) is 0 Å². The number of ether oxygens (including phenoxy) is 3. The monoisotopic (exact) mass is 305 g/mol. The summed E-state index contributed by atoms with van der Waals surface area (Å²) in [4.78, 5) is 0. The van der Waals surface area contributed by atoms with Crippen molar-refractivity contribution in [1.29, 1.82) is 0 Å². The molecular weight excluding hydrogens is 281 g/mol. The number of hydrogen-bond acceptors (Lipinski definition) is 7. The molecule has 0 amide bonds. The van der Waals surface area contributed by atoms with Gasteiger partial charge in [0.2, 0.25) is 0 Å². The van der Waals surface area contributed by atoms with E-state index in [0.717, 1.165) is 19.6 Å². The molecule has 0 spiro atoms. The maximum atomic E-state index is 13.8. The van der Waals surface area contributed by atoms with Gasteiger partial charge in [0.1, 0.15) is 17.5 Å². The summed E-state index contributed by atoms with van der Waals surface area (Å²) in [6.45, 7) is 6.03. The smallest absolute Gasteiger partial charge is 0.173 e. The number of morpholine rings is 3. The molecule has 3 fully saturated rings. The highest BCUT2D eigenvalue weighted by Crippen LogP contribution is 2.61. The Morgan fingerprint density at radius 2 is 1.05 bits per heavy atom. The van der Waals surface area contributed by atoms with Crippen LogP contribution in [0.25, 0.3) is 0 Å². The van der Waals surface area contributed by atoms with E-state index < -0.39 is 7.14 Å². The van der Waals surface area contributed by atoms with Crippen LogP contribution in [-0.4, -0.2) is 76.6 Å². The van der Waals surface area contributed by atoms with Crippen molar-refractivity contribution < 1.29 is 18.8 Å². The van der Waals surface area contributed by atoms with Gasteiger partial charge < -0.3 is 34.7 Å². The zero-order chi connectivity index (χ0) is 13.8. The van der Waals surface area contributed by atoms with Crippen molar-refractivity contribution in [3.05, 3.63) is 0 Å². The van der Waals surface area contributed by atoms with Crippen molar-refractivity contribution in [3.63, 3.8) is 0 Å². The van der Waals surface area contributed by atoms with Crippen LogP contribution in [0.5, 0.6) is 0 Å². The molecule has 0 aromatic heterocycles. The largest absolute Gasteiger partial charge is 0.368 e. The molecule has 3 N–H and O–H groups in total. The molecule has 0 bridgehead atoms. The van der Waals surface area contributed by atoms with Crippen molar-refractivity contribution >= 4 is 7.14 Å². The molecule has 7 nitrogen and oxygen atoms in total. The van der Waals surface area contributed by atoms with Gasteiger partial charge in [-0.25, -0.2) is 0 Å². The molecule has 3 rings (SSSR count). The summed E-state index contributed by atoms with van der Waals surface area (Å²) >= 11 is 0. The Bertz CT molecular complexity index is 300. The molecule has 0 radical (unpaired) electrons. The van der Waals surface area contributed by atoms with E-state index in [2.05, 4.69) is 16.0 Å². The summed E-state index contributed by atoms with van der Waals surface area (Å²) in [5, 5.41) is 9.81. The van der Waals surface area contributed by atoms with Gasteiger partial charge in [0, 0.05) is 39.3 Å². The Morgan fingerprint density at radius 3 is 1.30 bits per heavy atom. The Hall–Kier alpha value is -0.0100. The molecule has 8 heteroatoms. The molecule has 3 aliphatic rings. The topological polar surface area (TPSA) is 80.9 Å². The second-order valence-corrected chi connectivity index (χ2v) is 8.61. The maximum Gasteiger partial charge on any atom is 0.173 e. The van der Waals surface area contributed by atoms with Gasteiger partial charge >= 0.3 is 0 Å². The van der Waals surface area contributed by atoms with E-state index in [1.165, 1.54) is 0 Å². The minimum atomic E-state index is -2.80. The first kappa shape index (κ1) is 14.9. The van der Waals surface area contributed by atoms with Gasteiger partial charge in [0.15, 0.2) is 7.14 Å². The average molecular weight is 305 g/mol. The van der Waals surface area contributed by atoms with Crippen molar-refractivity contribution in [2.45, 2.75) is 17.5 Å². The molecule has 116 valence electrons.